The van der Waals surface area contributed by atoms with E-state index >= 15 is 0 Å². The Morgan fingerprint density at radius 2 is 1.50 bits per heavy atom. The van der Waals surface area contributed by atoms with E-state index in [2.05, 4.69) is 16.9 Å². The number of aromatic carboxylic acids is 1. The summed E-state index contributed by atoms with van der Waals surface area (Å²) in [5, 5.41) is 16.9. The van der Waals surface area contributed by atoms with Gasteiger partial charge in [0, 0.05) is 18.8 Å². The van der Waals surface area contributed by atoms with E-state index in [0.29, 0.717) is 11.6 Å². The third-order valence-electron chi connectivity index (χ3n) is 6.17. The molecule has 3 aromatic carbocycles. The van der Waals surface area contributed by atoms with E-state index in [9.17, 15) is 35.9 Å². The summed E-state index contributed by atoms with van der Waals surface area (Å²) >= 11 is 0. The number of carbonyl (C=O) groups is 2. The molecule has 13 heteroatoms. The van der Waals surface area contributed by atoms with Gasteiger partial charge < -0.3 is 15.1 Å². The number of benzene rings is 3. The number of nitrogens with zero attached hydrogens (tertiary/aromatic N) is 1. The lowest BCUT2D eigenvalue weighted by atomic mass is 9.90. The minimum atomic E-state index is -5.08. The fourth-order valence-corrected chi connectivity index (χ4v) is 5.25. The van der Waals surface area contributed by atoms with E-state index in [1.165, 1.54) is 11.6 Å². The number of carboxylic acids is 2. The molecule has 3 N–H and O–H groups in total. The average Bonchev–Trinajstić information content (AvgIpc) is 2.89. The number of carboxylic acid groups (broad SMARTS) is 2. The van der Waals surface area contributed by atoms with Crippen molar-refractivity contribution in [2.24, 2.45) is 5.92 Å². The third kappa shape index (κ3) is 8.43. The molecule has 0 saturated carbocycles. The first-order chi connectivity index (χ1) is 18.8. The van der Waals surface area contributed by atoms with Crippen LogP contribution in [0.3, 0.4) is 0 Å². The number of halogens is 4. The standard InChI is InChI=1S/C25H25FN2O4S.C2HF3O2/c26-20-6-9-22(10-7-20)33(31,32)27-21-8-11-24(23(17-21)25(29)30)28-14-12-19(13-15-28)16-18-4-2-1-3-5-18;3-2(4,5)1(6)7/h1-11,17,19,27H,12-16H2,(H,29,30);(H,6,7). The molecule has 1 saturated heterocycles. The molecular weight excluding hydrogens is 556 g/mol. The van der Waals surface area contributed by atoms with Crippen molar-refractivity contribution in [1.29, 1.82) is 0 Å². The molecule has 1 aliphatic rings. The van der Waals surface area contributed by atoms with Gasteiger partial charge in [-0.25, -0.2) is 22.4 Å². The fraction of sp³-hybridized carbons (Fsp3) is 0.259. The maximum atomic E-state index is 13.1. The number of nitrogens with one attached hydrogen (secondary N) is 1. The highest BCUT2D eigenvalue weighted by Gasteiger charge is 2.38. The molecule has 1 heterocycles. The Balaban J connectivity index is 0.000000559. The molecule has 3 aromatic rings. The topological polar surface area (TPSA) is 124 Å². The number of rotatable bonds is 7. The molecule has 0 atom stereocenters. The highest BCUT2D eigenvalue weighted by molar-refractivity contribution is 7.92. The maximum absolute atomic E-state index is 13.1. The van der Waals surface area contributed by atoms with Gasteiger partial charge in [-0.1, -0.05) is 30.3 Å². The van der Waals surface area contributed by atoms with Crippen LogP contribution >= 0.6 is 0 Å². The molecule has 0 unspecified atom stereocenters. The van der Waals surface area contributed by atoms with Crippen LogP contribution in [0.5, 0.6) is 0 Å². The summed E-state index contributed by atoms with van der Waals surface area (Å²) in [4.78, 5) is 22.8. The van der Waals surface area contributed by atoms with Gasteiger partial charge in [-0.05, 0) is 73.2 Å². The fourth-order valence-electron chi connectivity index (χ4n) is 4.20. The zero-order valence-corrected chi connectivity index (χ0v) is 21.8. The minimum Gasteiger partial charge on any atom is -0.478 e. The average molecular weight is 583 g/mol. The molecule has 40 heavy (non-hydrogen) atoms. The highest BCUT2D eigenvalue weighted by Crippen LogP contribution is 2.31. The van der Waals surface area contributed by atoms with Crippen LogP contribution in [-0.2, 0) is 21.2 Å². The maximum Gasteiger partial charge on any atom is 0.490 e. The van der Waals surface area contributed by atoms with Gasteiger partial charge in [0.1, 0.15) is 5.82 Å². The van der Waals surface area contributed by atoms with Crippen molar-refractivity contribution >= 4 is 33.3 Å². The summed E-state index contributed by atoms with van der Waals surface area (Å²) in [6, 6.07) is 19.3. The van der Waals surface area contributed by atoms with Gasteiger partial charge >= 0.3 is 18.1 Å². The summed E-state index contributed by atoms with van der Waals surface area (Å²) in [5.74, 6) is -3.88. The van der Waals surface area contributed by atoms with Crippen LogP contribution in [0.25, 0.3) is 0 Å². The van der Waals surface area contributed by atoms with Gasteiger partial charge in [-0.2, -0.15) is 13.2 Å². The van der Waals surface area contributed by atoms with E-state index < -0.39 is 34.0 Å². The summed E-state index contributed by atoms with van der Waals surface area (Å²) in [5.41, 5.74) is 2.06. The van der Waals surface area contributed by atoms with Crippen molar-refractivity contribution in [3.8, 4) is 0 Å². The van der Waals surface area contributed by atoms with Crippen molar-refractivity contribution in [3.63, 3.8) is 0 Å². The lowest BCUT2D eigenvalue weighted by molar-refractivity contribution is -0.192. The molecular formula is C27H26F4N2O6S. The molecule has 1 fully saturated rings. The van der Waals surface area contributed by atoms with E-state index in [0.717, 1.165) is 56.6 Å². The first kappa shape index (κ1) is 30.4. The van der Waals surface area contributed by atoms with Crippen LogP contribution in [0.15, 0.2) is 77.7 Å². The summed E-state index contributed by atoms with van der Waals surface area (Å²) < 4.78 is 72.4. The van der Waals surface area contributed by atoms with Crippen LogP contribution in [-0.4, -0.2) is 49.8 Å². The Hall–Kier alpha value is -4.13. The van der Waals surface area contributed by atoms with Crippen molar-refractivity contribution in [2.75, 3.05) is 22.7 Å². The molecule has 0 bridgehead atoms. The quantitative estimate of drug-likeness (QED) is 0.318. The summed E-state index contributed by atoms with van der Waals surface area (Å²) in [7, 11) is -3.97. The third-order valence-corrected chi connectivity index (χ3v) is 7.57. The van der Waals surface area contributed by atoms with Gasteiger partial charge in [0.25, 0.3) is 10.0 Å². The monoisotopic (exact) mass is 582 g/mol. The largest absolute Gasteiger partial charge is 0.490 e. The Bertz CT molecular complexity index is 1420. The predicted molar refractivity (Wildman–Crippen MR) is 139 cm³/mol. The molecule has 1 aliphatic heterocycles. The number of hydrogen-bond donors (Lipinski definition) is 3. The van der Waals surface area contributed by atoms with Crippen LogP contribution in [0.1, 0.15) is 28.8 Å². The van der Waals surface area contributed by atoms with Gasteiger partial charge in [0.2, 0.25) is 0 Å². The van der Waals surface area contributed by atoms with Gasteiger partial charge in [-0.3, -0.25) is 4.72 Å². The van der Waals surface area contributed by atoms with E-state index in [1.54, 1.807) is 12.1 Å². The van der Waals surface area contributed by atoms with Gasteiger partial charge in [0.15, 0.2) is 0 Å². The normalized spacial score (nSPS) is 14.2. The number of hydrogen-bond acceptors (Lipinski definition) is 5. The molecule has 0 spiro atoms. The minimum absolute atomic E-state index is 0.0378. The number of sulfonamides is 1. The lowest BCUT2D eigenvalue weighted by Gasteiger charge is -2.34. The Morgan fingerprint density at radius 3 is 2.02 bits per heavy atom. The first-order valence-electron chi connectivity index (χ1n) is 12.0. The van der Waals surface area contributed by atoms with Crippen LogP contribution < -0.4 is 9.62 Å². The number of anilines is 2. The zero-order chi connectivity index (χ0) is 29.5. The highest BCUT2D eigenvalue weighted by atomic mass is 32.2. The van der Waals surface area contributed by atoms with Crippen molar-refractivity contribution in [3.05, 3.63) is 89.7 Å². The SMILES string of the molecule is O=C(O)C(F)(F)F.O=C(O)c1cc(NS(=O)(=O)c2ccc(F)cc2)ccc1N1CCC(Cc2ccccc2)CC1. The molecule has 0 aliphatic carbocycles. The second-order valence-corrected chi connectivity index (χ2v) is 10.7. The molecule has 214 valence electrons. The number of aliphatic carboxylic acids is 1. The number of alkyl halides is 3. The second-order valence-electron chi connectivity index (χ2n) is 9.02. The van der Waals surface area contributed by atoms with Crippen molar-refractivity contribution < 1.29 is 45.8 Å². The Kier molecular flexibility index (Phi) is 9.74. The molecule has 4 rings (SSSR count). The zero-order valence-electron chi connectivity index (χ0n) is 20.9. The molecule has 0 radical (unpaired) electrons. The van der Waals surface area contributed by atoms with Gasteiger partial charge in [0.05, 0.1) is 16.1 Å². The molecule has 0 amide bonds. The Labute approximate surface area is 227 Å². The summed E-state index contributed by atoms with van der Waals surface area (Å²) in [6.07, 6.45) is -2.18. The van der Waals surface area contributed by atoms with E-state index in [1.807, 2.05) is 23.1 Å². The van der Waals surface area contributed by atoms with Crippen LogP contribution in [0.2, 0.25) is 0 Å². The van der Waals surface area contributed by atoms with Crippen LogP contribution in [0, 0.1) is 11.7 Å². The van der Waals surface area contributed by atoms with Crippen molar-refractivity contribution in [2.45, 2.75) is 30.3 Å². The Morgan fingerprint density at radius 1 is 0.925 bits per heavy atom. The molecule has 0 aromatic heterocycles. The summed E-state index contributed by atoms with van der Waals surface area (Å²) in [6.45, 7) is 1.47. The van der Waals surface area contributed by atoms with Crippen LogP contribution in [0.4, 0.5) is 28.9 Å². The van der Waals surface area contributed by atoms with Crippen molar-refractivity contribution in [1.82, 2.24) is 0 Å². The second kappa shape index (κ2) is 12.8. The first-order valence-corrected chi connectivity index (χ1v) is 13.5. The number of piperidine rings is 1. The lowest BCUT2D eigenvalue weighted by Crippen LogP contribution is -2.35. The van der Waals surface area contributed by atoms with E-state index in [4.69, 9.17) is 9.90 Å². The predicted octanol–water partition coefficient (Wildman–Crippen LogP) is 5.42. The smallest absolute Gasteiger partial charge is 0.478 e. The van der Waals surface area contributed by atoms with Gasteiger partial charge in [-0.15, -0.1) is 0 Å². The van der Waals surface area contributed by atoms with E-state index in [-0.39, 0.29) is 16.1 Å². The molecule has 8 nitrogen and oxygen atoms in total.